The van der Waals surface area contributed by atoms with Gasteiger partial charge in [-0.2, -0.15) is 0 Å². The number of amides is 1. The van der Waals surface area contributed by atoms with Crippen molar-refractivity contribution >= 4 is 38.5 Å². The van der Waals surface area contributed by atoms with Crippen molar-refractivity contribution in [1.29, 1.82) is 0 Å². The van der Waals surface area contributed by atoms with Crippen LogP contribution in [0.2, 0.25) is 0 Å². The second-order valence-electron chi connectivity index (χ2n) is 8.04. The maximum absolute atomic E-state index is 13.3. The molecule has 3 heterocycles. The number of thiophene rings is 1. The highest BCUT2D eigenvalue weighted by atomic mass is 32.1. The number of carbonyl (C=O) groups is 1. The summed E-state index contributed by atoms with van der Waals surface area (Å²) in [4.78, 5) is 40.4. The number of aliphatic hydroxyl groups excluding tert-OH is 1. The quantitative estimate of drug-likeness (QED) is 0.386. The van der Waals surface area contributed by atoms with Gasteiger partial charge in [-0.15, -0.1) is 16.4 Å². The van der Waals surface area contributed by atoms with Crippen LogP contribution in [0.25, 0.3) is 21.3 Å². The highest BCUT2D eigenvalue weighted by molar-refractivity contribution is 7.19. The summed E-state index contributed by atoms with van der Waals surface area (Å²) in [5.74, 6) is -0.310. The normalized spacial score (nSPS) is 11.1. The summed E-state index contributed by atoms with van der Waals surface area (Å²) >= 11 is 1.29. The zero-order valence-electron chi connectivity index (χ0n) is 20.0. The summed E-state index contributed by atoms with van der Waals surface area (Å²) in [5.41, 5.74) is 1.03. The second-order valence-corrected chi connectivity index (χ2v) is 9.12. The van der Waals surface area contributed by atoms with E-state index in [1.807, 2.05) is 45.0 Å². The van der Waals surface area contributed by atoms with E-state index < -0.39 is 11.2 Å². The Hall–Kier alpha value is -3.31. The molecule has 1 aromatic carbocycles. The molecule has 0 radical (unpaired) electrons. The van der Waals surface area contributed by atoms with Gasteiger partial charge in [0.1, 0.15) is 10.3 Å². The van der Waals surface area contributed by atoms with Gasteiger partial charge in [-0.25, -0.2) is 9.48 Å². The standard InChI is InChI=1S/C22H26N6O3S.CH4O/c1-5-6-11-23-19(29)17-16(12-27-15-10-8-7-9-14(15)24-25-27)32-21-18(17)20(30)26(4)22(31)28(21)13(2)3;1-2/h7-10,13H,5-6,11-12H2,1-4H3,(H,23,29);2H,1H3. The number of rotatable bonds is 7. The molecule has 0 fully saturated rings. The fourth-order valence-corrected chi connectivity index (χ4v) is 5.18. The van der Waals surface area contributed by atoms with Crippen LogP contribution in [0.1, 0.15) is 54.9 Å². The number of fused-ring (bicyclic) bond motifs is 2. The molecule has 11 heteroatoms. The Labute approximate surface area is 200 Å². The van der Waals surface area contributed by atoms with Crippen molar-refractivity contribution in [2.75, 3.05) is 13.7 Å². The Morgan fingerprint density at radius 3 is 2.59 bits per heavy atom. The van der Waals surface area contributed by atoms with Crippen molar-refractivity contribution < 1.29 is 9.90 Å². The van der Waals surface area contributed by atoms with Crippen LogP contribution in [0.5, 0.6) is 0 Å². The van der Waals surface area contributed by atoms with E-state index >= 15 is 0 Å². The molecule has 0 spiro atoms. The summed E-state index contributed by atoms with van der Waals surface area (Å²) in [7, 11) is 2.45. The van der Waals surface area contributed by atoms with Gasteiger partial charge >= 0.3 is 5.69 Å². The number of hydrogen-bond donors (Lipinski definition) is 2. The Morgan fingerprint density at radius 1 is 1.21 bits per heavy atom. The summed E-state index contributed by atoms with van der Waals surface area (Å²) < 4.78 is 4.37. The molecule has 1 amide bonds. The molecule has 10 nitrogen and oxygen atoms in total. The highest BCUT2D eigenvalue weighted by Crippen LogP contribution is 2.31. The van der Waals surface area contributed by atoms with E-state index in [2.05, 4.69) is 15.6 Å². The SMILES string of the molecule is CCCCNC(=O)c1c(Cn2nnc3ccccc32)sc2c1c(=O)n(C)c(=O)n2C(C)C.CO. The summed E-state index contributed by atoms with van der Waals surface area (Å²) in [5, 5.41) is 18.6. The first-order chi connectivity index (χ1) is 16.3. The van der Waals surface area contributed by atoms with E-state index in [1.165, 1.54) is 18.4 Å². The Kier molecular flexibility index (Phi) is 8.00. The van der Waals surface area contributed by atoms with Gasteiger partial charge in [-0.3, -0.25) is 18.7 Å². The van der Waals surface area contributed by atoms with Gasteiger partial charge in [-0.1, -0.05) is 30.7 Å². The minimum Gasteiger partial charge on any atom is -0.400 e. The number of hydrogen-bond acceptors (Lipinski definition) is 7. The van der Waals surface area contributed by atoms with E-state index in [4.69, 9.17) is 5.11 Å². The molecule has 0 unspecified atom stereocenters. The van der Waals surface area contributed by atoms with Crippen molar-refractivity contribution in [3.05, 3.63) is 55.5 Å². The third-order valence-corrected chi connectivity index (χ3v) is 6.64. The zero-order valence-corrected chi connectivity index (χ0v) is 20.8. The van der Waals surface area contributed by atoms with Crippen molar-refractivity contribution in [1.82, 2.24) is 29.4 Å². The third kappa shape index (κ3) is 4.53. The summed E-state index contributed by atoms with van der Waals surface area (Å²) in [6, 6.07) is 7.39. The Balaban J connectivity index is 0.00000158. The maximum atomic E-state index is 13.3. The van der Waals surface area contributed by atoms with Gasteiger partial charge < -0.3 is 10.4 Å². The zero-order chi connectivity index (χ0) is 25.0. The Bertz CT molecular complexity index is 1430. The maximum Gasteiger partial charge on any atom is 0.332 e. The number of aromatic nitrogens is 5. The minimum absolute atomic E-state index is 0.175. The van der Waals surface area contributed by atoms with Crippen molar-refractivity contribution in [3.8, 4) is 0 Å². The third-order valence-electron chi connectivity index (χ3n) is 5.47. The lowest BCUT2D eigenvalue weighted by atomic mass is 10.1. The topological polar surface area (TPSA) is 124 Å². The summed E-state index contributed by atoms with van der Waals surface area (Å²) in [6.45, 7) is 6.60. The van der Waals surface area contributed by atoms with E-state index in [9.17, 15) is 14.4 Å². The molecule has 2 N–H and O–H groups in total. The molecule has 34 heavy (non-hydrogen) atoms. The molecule has 0 saturated heterocycles. The van der Waals surface area contributed by atoms with Gasteiger partial charge in [0.2, 0.25) is 0 Å². The molecule has 0 aliphatic heterocycles. The van der Waals surface area contributed by atoms with E-state index in [-0.39, 0.29) is 23.9 Å². The Morgan fingerprint density at radius 2 is 1.91 bits per heavy atom. The number of benzene rings is 1. The predicted molar refractivity (Wildman–Crippen MR) is 134 cm³/mol. The monoisotopic (exact) mass is 486 g/mol. The molecule has 0 atom stereocenters. The number of nitrogens with zero attached hydrogens (tertiary/aromatic N) is 5. The lowest BCUT2D eigenvalue weighted by molar-refractivity contribution is 0.0954. The first-order valence-electron chi connectivity index (χ1n) is 11.1. The molecule has 4 aromatic rings. The predicted octanol–water partition coefficient (Wildman–Crippen LogP) is 2.27. The fraction of sp³-hybridized carbons (Fsp3) is 0.435. The fourth-order valence-electron chi connectivity index (χ4n) is 3.78. The first-order valence-corrected chi connectivity index (χ1v) is 11.9. The molecule has 0 aliphatic carbocycles. The van der Waals surface area contributed by atoms with Crippen LogP contribution in [0.3, 0.4) is 0 Å². The van der Waals surface area contributed by atoms with Gasteiger partial charge in [-0.05, 0) is 32.4 Å². The van der Waals surface area contributed by atoms with Crippen LogP contribution < -0.4 is 16.6 Å². The molecule has 0 bridgehead atoms. The number of para-hydroxylation sites is 1. The van der Waals surface area contributed by atoms with Crippen LogP contribution in [-0.4, -0.2) is 48.8 Å². The van der Waals surface area contributed by atoms with Crippen molar-refractivity contribution in [2.45, 2.75) is 46.2 Å². The smallest absolute Gasteiger partial charge is 0.332 e. The number of carbonyl (C=O) groups excluding carboxylic acids is 1. The molecule has 182 valence electrons. The highest BCUT2D eigenvalue weighted by Gasteiger charge is 2.26. The number of nitrogens with one attached hydrogen (secondary N) is 1. The lowest BCUT2D eigenvalue weighted by Gasteiger charge is -2.13. The van der Waals surface area contributed by atoms with Crippen LogP contribution in [0, 0.1) is 0 Å². The molecule has 4 rings (SSSR count). The molecule has 3 aromatic heterocycles. The van der Waals surface area contributed by atoms with Gasteiger partial charge in [0, 0.05) is 31.6 Å². The molecular formula is C23H30N6O4S. The average molecular weight is 487 g/mol. The van der Waals surface area contributed by atoms with Crippen molar-refractivity contribution in [2.24, 2.45) is 7.05 Å². The largest absolute Gasteiger partial charge is 0.400 e. The van der Waals surface area contributed by atoms with Gasteiger partial charge in [0.25, 0.3) is 11.5 Å². The molecular weight excluding hydrogens is 456 g/mol. The minimum atomic E-state index is -0.464. The number of aliphatic hydroxyl groups is 1. The van der Waals surface area contributed by atoms with Crippen molar-refractivity contribution in [3.63, 3.8) is 0 Å². The lowest BCUT2D eigenvalue weighted by Crippen LogP contribution is -2.39. The van der Waals surface area contributed by atoms with Crippen LogP contribution in [0.15, 0.2) is 33.9 Å². The van der Waals surface area contributed by atoms with E-state index in [0.29, 0.717) is 21.8 Å². The van der Waals surface area contributed by atoms with E-state index in [0.717, 1.165) is 35.6 Å². The average Bonchev–Trinajstić information content (AvgIpc) is 3.41. The van der Waals surface area contributed by atoms with Gasteiger partial charge in [0.05, 0.1) is 23.0 Å². The molecule has 0 aliphatic rings. The van der Waals surface area contributed by atoms with Crippen LogP contribution >= 0.6 is 11.3 Å². The van der Waals surface area contributed by atoms with Crippen LogP contribution in [-0.2, 0) is 13.6 Å². The number of unbranched alkanes of at least 4 members (excludes halogenated alkanes) is 1. The van der Waals surface area contributed by atoms with Gasteiger partial charge in [0.15, 0.2) is 0 Å². The summed E-state index contributed by atoms with van der Waals surface area (Å²) in [6.07, 6.45) is 1.78. The van der Waals surface area contributed by atoms with E-state index in [1.54, 1.807) is 9.25 Å². The first kappa shape index (κ1) is 25.3. The second kappa shape index (κ2) is 10.7. The van der Waals surface area contributed by atoms with Crippen LogP contribution in [0.4, 0.5) is 0 Å². The molecule has 0 saturated carbocycles.